The van der Waals surface area contributed by atoms with E-state index in [-0.39, 0.29) is 0 Å². The first-order valence-corrected chi connectivity index (χ1v) is 7.29. The number of rotatable bonds is 5. The molecule has 0 aromatic heterocycles. The fourth-order valence-electron chi connectivity index (χ4n) is 2.82. The minimum absolute atomic E-state index is 0.732. The molecule has 0 saturated heterocycles. The molecular weight excluding hydrogens is 220 g/mol. The van der Waals surface area contributed by atoms with Gasteiger partial charge in [-0.15, -0.1) is 0 Å². The smallest absolute Gasteiger partial charge is 0.0236 e. The second-order valence-corrected chi connectivity index (χ2v) is 5.52. The van der Waals surface area contributed by atoms with Crippen molar-refractivity contribution in [3.05, 3.63) is 35.4 Å². The van der Waals surface area contributed by atoms with Crippen LogP contribution in [0, 0.1) is 5.92 Å². The lowest BCUT2D eigenvalue weighted by molar-refractivity contribution is 0.230. The van der Waals surface area contributed by atoms with Crippen LogP contribution in [0.5, 0.6) is 0 Å². The third-order valence-corrected chi connectivity index (χ3v) is 3.75. The Kier molecular flexibility index (Phi) is 5.21. The maximum absolute atomic E-state index is 3.45. The van der Waals surface area contributed by atoms with Crippen molar-refractivity contribution in [1.82, 2.24) is 10.2 Å². The van der Waals surface area contributed by atoms with Gasteiger partial charge in [0.15, 0.2) is 0 Å². The first kappa shape index (κ1) is 13.6. The molecule has 2 nitrogen and oxygen atoms in total. The lowest BCUT2D eigenvalue weighted by Crippen LogP contribution is -2.33. The van der Waals surface area contributed by atoms with Gasteiger partial charge in [-0.3, -0.25) is 4.90 Å². The molecular formula is C16H26N2. The second kappa shape index (κ2) is 6.91. The molecule has 1 aromatic carbocycles. The Labute approximate surface area is 111 Å². The Morgan fingerprint density at radius 2 is 2.06 bits per heavy atom. The topological polar surface area (TPSA) is 15.3 Å². The number of hydrogen-bond acceptors (Lipinski definition) is 2. The zero-order chi connectivity index (χ0) is 12.8. The number of nitrogens with one attached hydrogen (secondary N) is 1. The Balaban J connectivity index is 1.91. The van der Waals surface area contributed by atoms with E-state index in [1.807, 2.05) is 0 Å². The second-order valence-electron chi connectivity index (χ2n) is 5.52. The van der Waals surface area contributed by atoms with E-state index in [0.717, 1.165) is 25.6 Å². The molecule has 1 heterocycles. The molecule has 1 unspecified atom stereocenters. The molecule has 0 radical (unpaired) electrons. The van der Waals surface area contributed by atoms with E-state index in [0.29, 0.717) is 0 Å². The Hall–Kier alpha value is -0.860. The summed E-state index contributed by atoms with van der Waals surface area (Å²) >= 11 is 0. The number of hydrogen-bond donors (Lipinski definition) is 1. The molecule has 1 aliphatic rings. The Bertz CT molecular complexity index is 362. The van der Waals surface area contributed by atoms with Crippen molar-refractivity contribution in [3.63, 3.8) is 0 Å². The van der Waals surface area contributed by atoms with E-state index in [2.05, 4.69) is 48.3 Å². The first-order chi connectivity index (χ1) is 8.79. The highest BCUT2D eigenvalue weighted by Gasteiger charge is 2.15. The molecule has 1 atom stereocenters. The molecule has 18 heavy (non-hydrogen) atoms. The van der Waals surface area contributed by atoms with Crippen LogP contribution < -0.4 is 5.32 Å². The third kappa shape index (κ3) is 3.82. The summed E-state index contributed by atoms with van der Waals surface area (Å²) in [4.78, 5) is 2.62. The minimum atomic E-state index is 0.732. The van der Waals surface area contributed by atoms with Crippen LogP contribution in [-0.2, 0) is 13.0 Å². The van der Waals surface area contributed by atoms with Crippen molar-refractivity contribution >= 4 is 0 Å². The molecule has 100 valence electrons. The number of aryl methyl sites for hydroxylation is 1. The predicted octanol–water partition coefficient (Wildman–Crippen LogP) is 2.68. The fraction of sp³-hybridized carbons (Fsp3) is 0.625. The number of nitrogens with zero attached hydrogens (tertiary/aromatic N) is 1. The van der Waals surface area contributed by atoms with E-state index in [9.17, 15) is 0 Å². The molecule has 0 bridgehead atoms. The molecule has 0 fully saturated rings. The normalized spacial score (nSPS) is 18.1. The van der Waals surface area contributed by atoms with Gasteiger partial charge in [-0.25, -0.2) is 0 Å². The molecule has 1 aromatic rings. The molecule has 0 saturated carbocycles. The summed E-state index contributed by atoms with van der Waals surface area (Å²) in [7, 11) is 0. The zero-order valence-corrected chi connectivity index (χ0v) is 11.8. The third-order valence-electron chi connectivity index (χ3n) is 3.75. The van der Waals surface area contributed by atoms with Crippen LogP contribution in [0.1, 0.15) is 31.4 Å². The van der Waals surface area contributed by atoms with Gasteiger partial charge in [0.25, 0.3) is 0 Å². The van der Waals surface area contributed by atoms with Crippen molar-refractivity contribution in [1.29, 1.82) is 0 Å². The molecule has 0 aliphatic carbocycles. The Morgan fingerprint density at radius 3 is 2.83 bits per heavy atom. The average molecular weight is 246 g/mol. The largest absolute Gasteiger partial charge is 0.317 e. The van der Waals surface area contributed by atoms with Gasteiger partial charge in [-0.05, 0) is 49.5 Å². The number of fused-ring (bicyclic) bond motifs is 1. The Morgan fingerprint density at radius 1 is 1.28 bits per heavy atom. The van der Waals surface area contributed by atoms with Gasteiger partial charge in [0.05, 0.1) is 0 Å². The van der Waals surface area contributed by atoms with Crippen molar-refractivity contribution < 1.29 is 0 Å². The van der Waals surface area contributed by atoms with E-state index in [1.165, 1.54) is 31.5 Å². The summed E-state index contributed by atoms with van der Waals surface area (Å²) < 4.78 is 0. The SMILES string of the molecule is CCNCC(C)CN1CCCc2ccccc2C1. The summed E-state index contributed by atoms with van der Waals surface area (Å²) in [5.41, 5.74) is 3.09. The van der Waals surface area contributed by atoms with Crippen LogP contribution >= 0.6 is 0 Å². The average Bonchev–Trinajstić information content (AvgIpc) is 2.57. The molecule has 1 aliphatic heterocycles. The van der Waals surface area contributed by atoms with Gasteiger partial charge >= 0.3 is 0 Å². The van der Waals surface area contributed by atoms with Gasteiger partial charge in [0.1, 0.15) is 0 Å². The van der Waals surface area contributed by atoms with Crippen molar-refractivity contribution in [2.75, 3.05) is 26.2 Å². The monoisotopic (exact) mass is 246 g/mol. The molecule has 2 heteroatoms. The van der Waals surface area contributed by atoms with E-state index in [1.54, 1.807) is 5.56 Å². The molecule has 2 rings (SSSR count). The van der Waals surface area contributed by atoms with Gasteiger partial charge in [0.2, 0.25) is 0 Å². The van der Waals surface area contributed by atoms with Gasteiger partial charge in [-0.1, -0.05) is 38.1 Å². The van der Waals surface area contributed by atoms with E-state index < -0.39 is 0 Å². The van der Waals surface area contributed by atoms with E-state index >= 15 is 0 Å². The maximum atomic E-state index is 3.45. The van der Waals surface area contributed by atoms with Gasteiger partial charge < -0.3 is 5.32 Å². The quantitative estimate of drug-likeness (QED) is 0.859. The lowest BCUT2D eigenvalue weighted by Gasteiger charge is -2.24. The highest BCUT2D eigenvalue weighted by Crippen LogP contribution is 2.18. The van der Waals surface area contributed by atoms with Crippen LogP contribution in [0.25, 0.3) is 0 Å². The zero-order valence-electron chi connectivity index (χ0n) is 11.8. The predicted molar refractivity (Wildman–Crippen MR) is 77.7 cm³/mol. The molecule has 0 spiro atoms. The highest BCUT2D eigenvalue weighted by molar-refractivity contribution is 5.27. The first-order valence-electron chi connectivity index (χ1n) is 7.29. The highest BCUT2D eigenvalue weighted by atomic mass is 15.1. The summed E-state index contributed by atoms with van der Waals surface area (Å²) in [6, 6.07) is 8.93. The van der Waals surface area contributed by atoms with Crippen molar-refractivity contribution in [2.24, 2.45) is 5.92 Å². The number of benzene rings is 1. The molecule has 1 N–H and O–H groups in total. The summed E-state index contributed by atoms with van der Waals surface area (Å²) in [6.07, 6.45) is 2.54. The summed E-state index contributed by atoms with van der Waals surface area (Å²) in [5.74, 6) is 0.732. The van der Waals surface area contributed by atoms with Crippen LogP contribution in [0.4, 0.5) is 0 Å². The molecule has 0 amide bonds. The standard InChI is InChI=1S/C16H26N2/c1-3-17-11-14(2)12-18-10-6-9-15-7-4-5-8-16(15)13-18/h4-5,7-8,14,17H,3,6,9-13H2,1-2H3. The van der Waals surface area contributed by atoms with Crippen LogP contribution in [0.2, 0.25) is 0 Å². The van der Waals surface area contributed by atoms with E-state index in [4.69, 9.17) is 0 Å². The fourth-order valence-corrected chi connectivity index (χ4v) is 2.82. The lowest BCUT2D eigenvalue weighted by atomic mass is 10.0. The maximum Gasteiger partial charge on any atom is 0.0236 e. The summed E-state index contributed by atoms with van der Waals surface area (Å²) in [6.45, 7) is 10.3. The van der Waals surface area contributed by atoms with Crippen LogP contribution in [-0.4, -0.2) is 31.1 Å². The van der Waals surface area contributed by atoms with Gasteiger partial charge in [0, 0.05) is 13.1 Å². The van der Waals surface area contributed by atoms with Crippen LogP contribution in [0.3, 0.4) is 0 Å². The van der Waals surface area contributed by atoms with Crippen molar-refractivity contribution in [2.45, 2.75) is 33.2 Å². The van der Waals surface area contributed by atoms with Crippen molar-refractivity contribution in [3.8, 4) is 0 Å². The van der Waals surface area contributed by atoms with Gasteiger partial charge in [-0.2, -0.15) is 0 Å². The minimum Gasteiger partial charge on any atom is -0.317 e. The summed E-state index contributed by atoms with van der Waals surface area (Å²) in [5, 5.41) is 3.45. The van der Waals surface area contributed by atoms with Crippen LogP contribution in [0.15, 0.2) is 24.3 Å².